The molecule has 0 amide bonds. The molecule has 0 aliphatic heterocycles. The second kappa shape index (κ2) is 11.5. The summed E-state index contributed by atoms with van der Waals surface area (Å²) >= 11 is 4.30. The van der Waals surface area contributed by atoms with Crippen LogP contribution in [0.4, 0.5) is 0 Å². The zero-order valence-electron chi connectivity index (χ0n) is 21.3. The molecule has 0 atom stereocenters. The van der Waals surface area contributed by atoms with E-state index in [0.717, 1.165) is 8.95 Å². The van der Waals surface area contributed by atoms with Crippen molar-refractivity contribution in [1.82, 2.24) is 0 Å². The van der Waals surface area contributed by atoms with E-state index >= 15 is 0 Å². The Balaban J connectivity index is 1.73. The van der Waals surface area contributed by atoms with Gasteiger partial charge in [-0.05, 0) is 0 Å². The molecule has 0 saturated carbocycles. The van der Waals surface area contributed by atoms with Gasteiger partial charge < -0.3 is 0 Å². The zero-order chi connectivity index (χ0) is 26.7. The SMILES string of the molecule is Brc1cc(-c2ccccc2)c[c]([Ge]([c]2ccccc2)([c]2ccccc2)[c]2cc(Br)cc(-c3ccccc3)c2)c1. The molecule has 0 aromatic heterocycles. The minimum absolute atomic E-state index is 1.10. The molecular weight excluding hydrogens is 665 g/mol. The van der Waals surface area contributed by atoms with E-state index in [4.69, 9.17) is 0 Å². The Hall–Kier alpha value is -3.18. The van der Waals surface area contributed by atoms with Gasteiger partial charge >= 0.3 is 252 Å². The molecule has 39 heavy (non-hydrogen) atoms. The number of rotatable bonds is 6. The van der Waals surface area contributed by atoms with Crippen molar-refractivity contribution in [2.24, 2.45) is 0 Å². The van der Waals surface area contributed by atoms with Crippen LogP contribution < -0.4 is 17.6 Å². The number of hydrogen-bond acceptors (Lipinski definition) is 0. The van der Waals surface area contributed by atoms with Gasteiger partial charge in [0.1, 0.15) is 0 Å². The third-order valence-corrected chi connectivity index (χ3v) is 18.1. The summed E-state index contributed by atoms with van der Waals surface area (Å²) in [6.45, 7) is 0. The van der Waals surface area contributed by atoms with E-state index in [1.165, 1.54) is 39.8 Å². The van der Waals surface area contributed by atoms with Crippen LogP contribution in [0.3, 0.4) is 0 Å². The second-order valence-corrected chi connectivity index (χ2v) is 19.5. The van der Waals surface area contributed by atoms with Gasteiger partial charge in [0.05, 0.1) is 0 Å². The van der Waals surface area contributed by atoms with Gasteiger partial charge in [-0.25, -0.2) is 0 Å². The normalized spacial score (nSPS) is 11.3. The molecule has 0 radical (unpaired) electrons. The summed E-state index contributed by atoms with van der Waals surface area (Å²) in [7, 11) is 0. The van der Waals surface area contributed by atoms with E-state index < -0.39 is 13.3 Å². The van der Waals surface area contributed by atoms with Crippen molar-refractivity contribution in [2.45, 2.75) is 0 Å². The molecule has 0 unspecified atom stereocenters. The topological polar surface area (TPSA) is 0 Å². The first-order valence-corrected chi connectivity index (χ1v) is 18.8. The Labute approximate surface area is 250 Å². The van der Waals surface area contributed by atoms with Gasteiger partial charge in [0.25, 0.3) is 0 Å². The van der Waals surface area contributed by atoms with Crippen molar-refractivity contribution < 1.29 is 0 Å². The fourth-order valence-corrected chi connectivity index (χ4v) is 17.7. The molecule has 0 aliphatic rings. The summed E-state index contributed by atoms with van der Waals surface area (Å²) in [6, 6.07) is 57.7. The fraction of sp³-hybridized carbons (Fsp3) is 0. The Morgan fingerprint density at radius 1 is 0.308 bits per heavy atom. The van der Waals surface area contributed by atoms with Crippen LogP contribution in [-0.4, -0.2) is 13.3 Å². The predicted octanol–water partition coefficient (Wildman–Crippen LogP) is 7.92. The molecule has 0 bridgehead atoms. The summed E-state index contributed by atoms with van der Waals surface area (Å²) in [4.78, 5) is 0. The van der Waals surface area contributed by atoms with Gasteiger partial charge in [0.2, 0.25) is 0 Å². The van der Waals surface area contributed by atoms with E-state index in [0.29, 0.717) is 0 Å². The predicted molar refractivity (Wildman–Crippen MR) is 176 cm³/mol. The van der Waals surface area contributed by atoms with Crippen molar-refractivity contribution >= 4 is 62.7 Å². The van der Waals surface area contributed by atoms with Gasteiger partial charge in [0.15, 0.2) is 0 Å². The van der Waals surface area contributed by atoms with Gasteiger partial charge in [-0.15, -0.1) is 0 Å². The maximum atomic E-state index is 3.91. The van der Waals surface area contributed by atoms with E-state index in [1.54, 1.807) is 0 Å². The first-order valence-electron chi connectivity index (χ1n) is 13.0. The molecule has 3 heteroatoms. The monoisotopic (exact) mass is 690 g/mol. The Bertz CT molecular complexity index is 1570. The maximum absolute atomic E-state index is 3.91. The number of hydrogen-bond donors (Lipinski definition) is 0. The molecule has 0 aliphatic carbocycles. The molecule has 188 valence electrons. The van der Waals surface area contributed by atoms with Crippen molar-refractivity contribution in [1.29, 1.82) is 0 Å². The van der Waals surface area contributed by atoms with Crippen LogP contribution in [0.15, 0.2) is 167 Å². The number of benzene rings is 6. The first kappa shape index (κ1) is 26.1. The van der Waals surface area contributed by atoms with Crippen LogP contribution in [0.25, 0.3) is 22.3 Å². The molecule has 0 saturated heterocycles. The van der Waals surface area contributed by atoms with Crippen LogP contribution in [-0.2, 0) is 0 Å². The first-order chi connectivity index (χ1) is 19.1. The molecule has 6 rings (SSSR count). The Kier molecular flexibility index (Phi) is 7.70. The van der Waals surface area contributed by atoms with Crippen LogP contribution in [0.5, 0.6) is 0 Å². The fourth-order valence-electron chi connectivity index (χ4n) is 5.58. The Morgan fingerprint density at radius 2 is 0.641 bits per heavy atom. The van der Waals surface area contributed by atoms with Gasteiger partial charge in [-0.3, -0.25) is 0 Å². The van der Waals surface area contributed by atoms with Crippen molar-refractivity contribution in [3.8, 4) is 22.3 Å². The third-order valence-electron chi connectivity index (χ3n) is 7.29. The molecule has 0 fully saturated rings. The van der Waals surface area contributed by atoms with Gasteiger partial charge in [-0.1, -0.05) is 0 Å². The molecule has 0 heterocycles. The third kappa shape index (κ3) is 5.21. The van der Waals surface area contributed by atoms with Crippen molar-refractivity contribution in [3.05, 3.63) is 167 Å². The quantitative estimate of drug-likeness (QED) is 0.156. The van der Waals surface area contributed by atoms with Crippen LogP contribution >= 0.6 is 31.9 Å². The van der Waals surface area contributed by atoms with Crippen LogP contribution in [0, 0.1) is 0 Å². The average Bonchev–Trinajstić information content (AvgIpc) is 2.99. The van der Waals surface area contributed by atoms with Gasteiger partial charge in [-0.2, -0.15) is 0 Å². The van der Waals surface area contributed by atoms with Crippen molar-refractivity contribution in [2.75, 3.05) is 0 Å². The van der Waals surface area contributed by atoms with Crippen LogP contribution in [0.2, 0.25) is 0 Å². The van der Waals surface area contributed by atoms with E-state index in [9.17, 15) is 0 Å². The summed E-state index contributed by atoms with van der Waals surface area (Å²) in [5.41, 5.74) is 4.88. The molecular formula is C36H26Br2Ge. The summed E-state index contributed by atoms with van der Waals surface area (Å²) in [5.74, 6) is 0. The standard InChI is InChI=1S/C36H26Br2Ge/c37-31-21-29(27-13-5-1-6-14-27)23-35(25-31)39(33-17-9-3-10-18-33,34-19-11-4-12-20-34)36-24-30(22-32(38)26-36)28-15-7-2-8-16-28/h1-26H. The van der Waals surface area contributed by atoms with E-state index in [-0.39, 0.29) is 0 Å². The van der Waals surface area contributed by atoms with Crippen molar-refractivity contribution in [3.63, 3.8) is 0 Å². The molecule has 0 spiro atoms. The summed E-state index contributed by atoms with van der Waals surface area (Å²) in [6.07, 6.45) is 0. The van der Waals surface area contributed by atoms with E-state index in [1.807, 2.05) is 0 Å². The molecule has 0 nitrogen and oxygen atoms in total. The second-order valence-electron chi connectivity index (χ2n) is 9.67. The molecule has 6 aromatic rings. The Morgan fingerprint density at radius 3 is 1.00 bits per heavy atom. The minimum atomic E-state index is -3.52. The van der Waals surface area contributed by atoms with E-state index in [2.05, 4.69) is 190 Å². The van der Waals surface area contributed by atoms with Gasteiger partial charge in [0, 0.05) is 0 Å². The summed E-state index contributed by atoms with van der Waals surface area (Å²) < 4.78 is 7.77. The molecule has 6 aromatic carbocycles. The zero-order valence-corrected chi connectivity index (χ0v) is 26.5. The summed E-state index contributed by atoms with van der Waals surface area (Å²) in [5, 5.41) is 0. The average molecular weight is 691 g/mol. The molecule has 0 N–H and O–H groups in total. The van der Waals surface area contributed by atoms with Crippen LogP contribution in [0.1, 0.15) is 0 Å². The number of halogens is 2.